The lowest BCUT2D eigenvalue weighted by atomic mass is 10.1. The van der Waals surface area contributed by atoms with Crippen LogP contribution in [0.1, 0.15) is 25.2 Å². The molecule has 0 bridgehead atoms. The Morgan fingerprint density at radius 3 is 2.18 bits per heavy atom. The number of carbonyl (C=O) groups is 1. The molecule has 1 N–H and O–H groups in total. The molecule has 0 aliphatic heterocycles. The Morgan fingerprint density at radius 2 is 1.58 bits per heavy atom. The van der Waals surface area contributed by atoms with Gasteiger partial charge in [-0.25, -0.2) is 9.78 Å². The Hall–Kier alpha value is -4.37. The molecule has 9 nitrogen and oxygen atoms in total. The monoisotopic (exact) mass is 516 g/mol. The van der Waals surface area contributed by atoms with Crippen LogP contribution in [0.5, 0.6) is 11.5 Å². The molecule has 1 heterocycles. The Labute approximate surface area is 221 Å². The maximum atomic E-state index is 13.8. The predicted molar refractivity (Wildman–Crippen MR) is 148 cm³/mol. The molecule has 9 heteroatoms. The van der Waals surface area contributed by atoms with Gasteiger partial charge in [-0.15, -0.1) is 0 Å². The number of hydrogen-bond donors (Lipinski definition) is 1. The zero-order valence-corrected chi connectivity index (χ0v) is 22.0. The molecule has 0 fully saturated rings. The summed E-state index contributed by atoms with van der Waals surface area (Å²) in [4.78, 5) is 34.0. The van der Waals surface area contributed by atoms with Crippen LogP contribution in [-0.4, -0.2) is 55.0 Å². The molecule has 0 saturated carbocycles. The van der Waals surface area contributed by atoms with Crippen molar-refractivity contribution in [2.45, 2.75) is 19.4 Å². The van der Waals surface area contributed by atoms with E-state index in [9.17, 15) is 9.59 Å². The van der Waals surface area contributed by atoms with Gasteiger partial charge in [-0.05, 0) is 67.1 Å². The number of methoxy groups -OCH3 is 3. The van der Waals surface area contributed by atoms with Gasteiger partial charge >= 0.3 is 6.03 Å². The van der Waals surface area contributed by atoms with Crippen molar-refractivity contribution in [3.8, 4) is 17.2 Å². The summed E-state index contributed by atoms with van der Waals surface area (Å²) in [6.45, 7) is 2.57. The number of amides is 2. The van der Waals surface area contributed by atoms with Gasteiger partial charge in [0.05, 0.1) is 43.5 Å². The van der Waals surface area contributed by atoms with Crippen LogP contribution in [0.2, 0.25) is 0 Å². The number of aromatic nitrogens is 2. The van der Waals surface area contributed by atoms with E-state index >= 15 is 0 Å². The van der Waals surface area contributed by atoms with Crippen LogP contribution in [0.15, 0.2) is 77.6 Å². The summed E-state index contributed by atoms with van der Waals surface area (Å²) in [5.41, 5.74) is 1.60. The van der Waals surface area contributed by atoms with E-state index in [0.29, 0.717) is 59.2 Å². The maximum Gasteiger partial charge on any atom is 0.322 e. The standard InChI is InChI=1S/C29H32N4O5/c1-5-26(32(18-19-36-2)29(35)30-20-10-14-22(37-3)15-11-20)27-31-25-9-7-6-8-24(25)28(34)33(27)21-12-16-23(38-4)17-13-21/h6-17,26H,5,18-19H2,1-4H3,(H,30,35). The van der Waals surface area contributed by atoms with E-state index < -0.39 is 6.04 Å². The molecule has 198 valence electrons. The number of rotatable bonds is 10. The molecule has 1 aromatic heterocycles. The van der Waals surface area contributed by atoms with Gasteiger partial charge < -0.3 is 24.4 Å². The quantitative estimate of drug-likeness (QED) is 0.318. The second kappa shape index (κ2) is 12.2. The average molecular weight is 517 g/mol. The number of benzene rings is 3. The number of nitrogens with one attached hydrogen (secondary N) is 1. The molecule has 0 aliphatic carbocycles. The summed E-state index contributed by atoms with van der Waals surface area (Å²) in [5.74, 6) is 1.82. The smallest absolute Gasteiger partial charge is 0.322 e. The lowest BCUT2D eigenvalue weighted by Crippen LogP contribution is -2.42. The van der Waals surface area contributed by atoms with Gasteiger partial charge in [-0.3, -0.25) is 9.36 Å². The minimum atomic E-state index is -0.525. The highest BCUT2D eigenvalue weighted by molar-refractivity contribution is 5.89. The Bertz CT molecular complexity index is 1430. The van der Waals surface area contributed by atoms with Crippen LogP contribution in [0, 0.1) is 0 Å². The van der Waals surface area contributed by atoms with Gasteiger partial charge in [0.2, 0.25) is 0 Å². The van der Waals surface area contributed by atoms with E-state index in [4.69, 9.17) is 19.2 Å². The number of para-hydroxylation sites is 1. The molecular formula is C29H32N4O5. The van der Waals surface area contributed by atoms with Crippen molar-refractivity contribution in [2.75, 3.05) is 39.8 Å². The molecule has 38 heavy (non-hydrogen) atoms. The van der Waals surface area contributed by atoms with Crippen LogP contribution in [0.4, 0.5) is 10.5 Å². The first kappa shape index (κ1) is 26.7. The van der Waals surface area contributed by atoms with E-state index in [1.807, 2.05) is 37.3 Å². The molecular weight excluding hydrogens is 484 g/mol. The van der Waals surface area contributed by atoms with Gasteiger partial charge in [-0.2, -0.15) is 0 Å². The van der Waals surface area contributed by atoms with Crippen molar-refractivity contribution in [1.29, 1.82) is 0 Å². The number of nitrogens with zero attached hydrogens (tertiary/aromatic N) is 3. The van der Waals surface area contributed by atoms with Crippen molar-refractivity contribution < 1.29 is 19.0 Å². The first-order chi connectivity index (χ1) is 18.5. The number of hydrogen-bond acceptors (Lipinski definition) is 6. The third-order valence-electron chi connectivity index (χ3n) is 6.33. The summed E-state index contributed by atoms with van der Waals surface area (Å²) in [5, 5.41) is 3.45. The van der Waals surface area contributed by atoms with Crippen molar-refractivity contribution in [3.05, 3.63) is 89.0 Å². The SMILES string of the molecule is CCC(c1nc2ccccc2c(=O)n1-c1ccc(OC)cc1)N(CCOC)C(=O)Nc1ccc(OC)cc1. The van der Waals surface area contributed by atoms with Crippen LogP contribution in [0.25, 0.3) is 16.6 Å². The molecule has 3 aromatic carbocycles. The van der Waals surface area contributed by atoms with E-state index in [-0.39, 0.29) is 11.6 Å². The summed E-state index contributed by atoms with van der Waals surface area (Å²) in [7, 11) is 4.76. The molecule has 0 radical (unpaired) electrons. The number of anilines is 1. The fourth-order valence-electron chi connectivity index (χ4n) is 4.35. The van der Waals surface area contributed by atoms with Crippen molar-refractivity contribution in [3.63, 3.8) is 0 Å². The maximum absolute atomic E-state index is 13.8. The number of urea groups is 1. The van der Waals surface area contributed by atoms with Crippen molar-refractivity contribution in [1.82, 2.24) is 14.5 Å². The van der Waals surface area contributed by atoms with Gasteiger partial charge in [0.1, 0.15) is 17.3 Å². The van der Waals surface area contributed by atoms with E-state index in [2.05, 4.69) is 5.32 Å². The molecule has 4 rings (SSSR count). The number of ether oxygens (including phenoxy) is 3. The second-order valence-corrected chi connectivity index (χ2v) is 8.59. The summed E-state index contributed by atoms with van der Waals surface area (Å²) in [6, 6.07) is 20.7. The summed E-state index contributed by atoms with van der Waals surface area (Å²) < 4.78 is 17.4. The zero-order valence-electron chi connectivity index (χ0n) is 22.0. The van der Waals surface area contributed by atoms with Gasteiger partial charge in [-0.1, -0.05) is 19.1 Å². The molecule has 2 amide bonds. The molecule has 1 unspecified atom stereocenters. The van der Waals surface area contributed by atoms with Crippen LogP contribution in [-0.2, 0) is 4.74 Å². The number of carbonyl (C=O) groups excluding carboxylic acids is 1. The summed E-state index contributed by atoms with van der Waals surface area (Å²) >= 11 is 0. The van der Waals surface area contributed by atoms with E-state index in [1.54, 1.807) is 73.3 Å². The van der Waals surface area contributed by atoms with E-state index in [0.717, 1.165) is 0 Å². The topological polar surface area (TPSA) is 94.9 Å². The van der Waals surface area contributed by atoms with Crippen molar-refractivity contribution in [2.24, 2.45) is 0 Å². The normalized spacial score (nSPS) is 11.7. The molecule has 0 spiro atoms. The highest BCUT2D eigenvalue weighted by Crippen LogP contribution is 2.27. The Balaban J connectivity index is 1.83. The van der Waals surface area contributed by atoms with Crippen LogP contribution in [0.3, 0.4) is 0 Å². The molecule has 0 aliphatic rings. The molecule has 1 atom stereocenters. The minimum Gasteiger partial charge on any atom is -0.497 e. The van der Waals surface area contributed by atoms with E-state index in [1.165, 1.54) is 0 Å². The largest absolute Gasteiger partial charge is 0.497 e. The van der Waals surface area contributed by atoms with Crippen LogP contribution >= 0.6 is 0 Å². The highest BCUT2D eigenvalue weighted by atomic mass is 16.5. The van der Waals surface area contributed by atoms with Gasteiger partial charge in [0.25, 0.3) is 5.56 Å². The lowest BCUT2D eigenvalue weighted by Gasteiger charge is -2.32. The highest BCUT2D eigenvalue weighted by Gasteiger charge is 2.29. The fourth-order valence-corrected chi connectivity index (χ4v) is 4.35. The third-order valence-corrected chi connectivity index (χ3v) is 6.33. The first-order valence-electron chi connectivity index (χ1n) is 12.4. The van der Waals surface area contributed by atoms with Crippen molar-refractivity contribution >= 4 is 22.6 Å². The van der Waals surface area contributed by atoms with Crippen LogP contribution < -0.4 is 20.3 Å². The third kappa shape index (κ3) is 5.63. The lowest BCUT2D eigenvalue weighted by molar-refractivity contribution is 0.131. The molecule has 0 saturated heterocycles. The number of fused-ring (bicyclic) bond motifs is 1. The Kier molecular flexibility index (Phi) is 8.60. The molecule has 4 aromatic rings. The Morgan fingerprint density at radius 1 is 0.947 bits per heavy atom. The predicted octanol–water partition coefficient (Wildman–Crippen LogP) is 5.03. The van der Waals surface area contributed by atoms with Gasteiger partial charge in [0.15, 0.2) is 0 Å². The minimum absolute atomic E-state index is 0.212. The first-order valence-corrected chi connectivity index (χ1v) is 12.4. The zero-order chi connectivity index (χ0) is 27.1. The fraction of sp³-hybridized carbons (Fsp3) is 0.276. The summed E-state index contributed by atoms with van der Waals surface area (Å²) in [6.07, 6.45) is 0.515. The van der Waals surface area contributed by atoms with Gasteiger partial charge in [0, 0.05) is 19.3 Å². The average Bonchev–Trinajstić information content (AvgIpc) is 2.95. The second-order valence-electron chi connectivity index (χ2n) is 8.59.